The highest BCUT2D eigenvalue weighted by molar-refractivity contribution is 5.92. The molecule has 0 unspecified atom stereocenters. The van der Waals surface area contributed by atoms with Crippen molar-refractivity contribution in [2.75, 3.05) is 0 Å². The third kappa shape index (κ3) is 1.58. The van der Waals surface area contributed by atoms with Crippen molar-refractivity contribution in [3.8, 4) is 0 Å². The van der Waals surface area contributed by atoms with Crippen molar-refractivity contribution in [3.63, 3.8) is 0 Å². The minimum absolute atomic E-state index is 0.0219. The Hall–Kier alpha value is -1.91. The third-order valence-electron chi connectivity index (χ3n) is 3.88. The highest BCUT2D eigenvalue weighted by Crippen LogP contribution is 2.37. The van der Waals surface area contributed by atoms with E-state index in [2.05, 4.69) is 17.2 Å². The van der Waals surface area contributed by atoms with Crippen LogP contribution in [-0.2, 0) is 5.54 Å². The number of rotatable bonds is 2. The zero-order valence-electron chi connectivity index (χ0n) is 10.3. The van der Waals surface area contributed by atoms with E-state index in [1.54, 1.807) is 18.2 Å². The molecule has 94 valence electrons. The maximum atomic E-state index is 11.0. The summed E-state index contributed by atoms with van der Waals surface area (Å²) in [5.41, 5.74) is 1.84. The van der Waals surface area contributed by atoms with Crippen LogP contribution in [-0.4, -0.2) is 26.1 Å². The van der Waals surface area contributed by atoms with Crippen molar-refractivity contribution < 1.29 is 9.90 Å². The Bertz CT molecular complexity index is 612. The second kappa shape index (κ2) is 3.80. The van der Waals surface area contributed by atoms with Crippen molar-refractivity contribution in [3.05, 3.63) is 23.8 Å². The largest absolute Gasteiger partial charge is 0.478 e. The molecule has 0 atom stereocenters. The van der Waals surface area contributed by atoms with Gasteiger partial charge in [0.05, 0.1) is 16.6 Å². The fourth-order valence-electron chi connectivity index (χ4n) is 2.80. The number of hydrogen-bond acceptors (Lipinski definition) is 3. The molecule has 0 amide bonds. The molecule has 0 bridgehead atoms. The van der Waals surface area contributed by atoms with E-state index in [4.69, 9.17) is 5.11 Å². The lowest BCUT2D eigenvalue weighted by Crippen LogP contribution is -2.27. The molecule has 0 spiro atoms. The molecule has 1 aromatic carbocycles. The first-order chi connectivity index (χ1) is 8.60. The van der Waals surface area contributed by atoms with E-state index in [0.29, 0.717) is 0 Å². The molecule has 0 radical (unpaired) electrons. The average Bonchev–Trinajstić information content (AvgIpc) is 2.94. The fourth-order valence-corrected chi connectivity index (χ4v) is 2.80. The molecule has 2 aromatic rings. The van der Waals surface area contributed by atoms with Crippen molar-refractivity contribution in [2.24, 2.45) is 0 Å². The van der Waals surface area contributed by atoms with Gasteiger partial charge >= 0.3 is 5.97 Å². The zero-order valence-corrected chi connectivity index (χ0v) is 10.3. The molecular formula is C13H15N3O2. The van der Waals surface area contributed by atoms with Gasteiger partial charge in [0.2, 0.25) is 0 Å². The standard InChI is InChI=1S/C13H15N3O2/c1-13(6-2-3-7-13)16-11-8-9(12(17)18)4-5-10(11)14-15-16/h4-5,8H,2-3,6-7H2,1H3,(H,17,18). The second-order valence-electron chi connectivity index (χ2n) is 5.21. The number of benzene rings is 1. The lowest BCUT2D eigenvalue weighted by atomic mass is 10.0. The SMILES string of the molecule is CC1(n2nnc3ccc(C(=O)O)cc32)CCCC1. The molecule has 1 N–H and O–H groups in total. The normalized spacial score (nSPS) is 18.3. The number of hydrogen-bond donors (Lipinski definition) is 1. The van der Waals surface area contributed by atoms with Crippen LogP contribution in [0, 0.1) is 0 Å². The Morgan fingerprint density at radius 1 is 1.39 bits per heavy atom. The van der Waals surface area contributed by atoms with Gasteiger partial charge in [-0.1, -0.05) is 18.1 Å². The lowest BCUT2D eigenvalue weighted by molar-refractivity contribution is 0.0697. The lowest BCUT2D eigenvalue weighted by Gasteiger charge is -2.24. The van der Waals surface area contributed by atoms with Crippen molar-refractivity contribution >= 4 is 17.0 Å². The number of carbonyl (C=O) groups is 1. The van der Waals surface area contributed by atoms with Crippen LogP contribution in [0.2, 0.25) is 0 Å². The monoisotopic (exact) mass is 245 g/mol. The van der Waals surface area contributed by atoms with Crippen molar-refractivity contribution in [1.82, 2.24) is 15.0 Å². The van der Waals surface area contributed by atoms with Crippen LogP contribution < -0.4 is 0 Å². The summed E-state index contributed by atoms with van der Waals surface area (Å²) in [7, 11) is 0. The van der Waals surface area contributed by atoms with Crippen LogP contribution in [0.5, 0.6) is 0 Å². The smallest absolute Gasteiger partial charge is 0.335 e. The summed E-state index contributed by atoms with van der Waals surface area (Å²) in [6, 6.07) is 4.96. The van der Waals surface area contributed by atoms with E-state index < -0.39 is 5.97 Å². The summed E-state index contributed by atoms with van der Waals surface area (Å²) in [5.74, 6) is -0.916. The number of aromatic nitrogens is 3. The van der Waals surface area contributed by atoms with Gasteiger partial charge in [-0.25, -0.2) is 9.48 Å². The summed E-state index contributed by atoms with van der Waals surface area (Å²) < 4.78 is 1.90. The number of nitrogens with zero attached hydrogens (tertiary/aromatic N) is 3. The predicted molar refractivity (Wildman–Crippen MR) is 66.6 cm³/mol. The van der Waals surface area contributed by atoms with Gasteiger partial charge in [-0.2, -0.15) is 0 Å². The van der Waals surface area contributed by atoms with E-state index in [9.17, 15) is 4.79 Å². The van der Waals surface area contributed by atoms with Gasteiger partial charge in [0, 0.05) is 0 Å². The molecule has 18 heavy (non-hydrogen) atoms. The molecule has 1 heterocycles. The van der Waals surface area contributed by atoms with Gasteiger partial charge in [0.15, 0.2) is 0 Å². The molecule has 1 fully saturated rings. The quantitative estimate of drug-likeness (QED) is 0.882. The van der Waals surface area contributed by atoms with E-state index in [1.807, 2.05) is 4.68 Å². The Labute approximate surface area is 104 Å². The molecule has 1 saturated carbocycles. The van der Waals surface area contributed by atoms with E-state index in [0.717, 1.165) is 23.9 Å². The Morgan fingerprint density at radius 3 is 2.78 bits per heavy atom. The first-order valence-corrected chi connectivity index (χ1v) is 6.19. The Morgan fingerprint density at radius 2 is 2.11 bits per heavy atom. The Balaban J connectivity index is 2.17. The highest BCUT2D eigenvalue weighted by atomic mass is 16.4. The maximum Gasteiger partial charge on any atom is 0.335 e. The highest BCUT2D eigenvalue weighted by Gasteiger charge is 2.33. The number of carboxylic acid groups (broad SMARTS) is 1. The molecule has 3 rings (SSSR count). The summed E-state index contributed by atoms with van der Waals surface area (Å²) in [4.78, 5) is 11.0. The van der Waals surface area contributed by atoms with Gasteiger partial charge in [-0.3, -0.25) is 0 Å². The summed E-state index contributed by atoms with van der Waals surface area (Å²) >= 11 is 0. The van der Waals surface area contributed by atoms with Crippen LogP contribution in [0.15, 0.2) is 18.2 Å². The van der Waals surface area contributed by atoms with E-state index in [1.165, 1.54) is 12.8 Å². The molecule has 1 aliphatic rings. The van der Waals surface area contributed by atoms with Gasteiger partial charge in [0.25, 0.3) is 0 Å². The molecule has 1 aromatic heterocycles. The van der Waals surface area contributed by atoms with Crippen LogP contribution in [0.3, 0.4) is 0 Å². The third-order valence-corrected chi connectivity index (χ3v) is 3.88. The van der Waals surface area contributed by atoms with Crippen LogP contribution >= 0.6 is 0 Å². The molecule has 5 nitrogen and oxygen atoms in total. The van der Waals surface area contributed by atoms with Crippen LogP contribution in [0.4, 0.5) is 0 Å². The van der Waals surface area contributed by atoms with Gasteiger partial charge in [0.1, 0.15) is 5.52 Å². The molecular weight excluding hydrogens is 230 g/mol. The topological polar surface area (TPSA) is 68.0 Å². The van der Waals surface area contributed by atoms with Gasteiger partial charge < -0.3 is 5.11 Å². The fraction of sp³-hybridized carbons (Fsp3) is 0.462. The minimum Gasteiger partial charge on any atom is -0.478 e. The average molecular weight is 245 g/mol. The minimum atomic E-state index is -0.916. The second-order valence-corrected chi connectivity index (χ2v) is 5.21. The molecule has 0 saturated heterocycles. The zero-order chi connectivity index (χ0) is 12.8. The first-order valence-electron chi connectivity index (χ1n) is 6.19. The van der Waals surface area contributed by atoms with Crippen molar-refractivity contribution in [2.45, 2.75) is 38.1 Å². The van der Waals surface area contributed by atoms with E-state index in [-0.39, 0.29) is 11.1 Å². The van der Waals surface area contributed by atoms with Crippen LogP contribution in [0.25, 0.3) is 11.0 Å². The first kappa shape index (κ1) is 11.2. The van der Waals surface area contributed by atoms with Gasteiger partial charge in [-0.15, -0.1) is 5.10 Å². The summed E-state index contributed by atoms with van der Waals surface area (Å²) in [6.45, 7) is 2.17. The predicted octanol–water partition coefficient (Wildman–Crippen LogP) is 2.42. The molecule has 5 heteroatoms. The van der Waals surface area contributed by atoms with Crippen LogP contribution in [0.1, 0.15) is 43.0 Å². The van der Waals surface area contributed by atoms with Gasteiger partial charge in [-0.05, 0) is 38.0 Å². The number of aromatic carboxylic acids is 1. The molecule has 0 aliphatic heterocycles. The molecule has 1 aliphatic carbocycles. The maximum absolute atomic E-state index is 11.0. The Kier molecular flexibility index (Phi) is 2.36. The summed E-state index contributed by atoms with van der Waals surface area (Å²) in [5, 5.41) is 17.4. The number of fused-ring (bicyclic) bond motifs is 1. The number of carboxylic acids is 1. The summed E-state index contributed by atoms with van der Waals surface area (Å²) in [6.07, 6.45) is 4.53. The van der Waals surface area contributed by atoms with Crippen molar-refractivity contribution in [1.29, 1.82) is 0 Å². The van der Waals surface area contributed by atoms with E-state index >= 15 is 0 Å².